The Balaban J connectivity index is 2.18. The molecule has 1 aromatic carbocycles. The lowest BCUT2D eigenvalue weighted by atomic mass is 9.98. The van der Waals surface area contributed by atoms with Crippen molar-refractivity contribution in [1.29, 1.82) is 0 Å². The van der Waals surface area contributed by atoms with E-state index in [9.17, 15) is 4.79 Å². The van der Waals surface area contributed by atoms with E-state index in [1.54, 1.807) is 0 Å². The maximum atomic E-state index is 12.0. The van der Waals surface area contributed by atoms with E-state index < -0.39 is 0 Å². The van der Waals surface area contributed by atoms with E-state index in [1.807, 2.05) is 23.1 Å². The largest absolute Gasteiger partial charge is 0.333 e. The van der Waals surface area contributed by atoms with Crippen LogP contribution < -0.4 is 5.32 Å². The maximum Gasteiger partial charge on any atom is 0.237 e. The Hall–Kier alpha value is -1.35. The van der Waals surface area contributed by atoms with Crippen LogP contribution in [0.1, 0.15) is 32.4 Å². The zero-order valence-electron chi connectivity index (χ0n) is 10.7. The van der Waals surface area contributed by atoms with Crippen LogP contribution in [-0.4, -0.2) is 29.4 Å². The van der Waals surface area contributed by atoms with Gasteiger partial charge in [-0.15, -0.1) is 0 Å². The van der Waals surface area contributed by atoms with Gasteiger partial charge in [0.1, 0.15) is 0 Å². The van der Waals surface area contributed by atoms with Crippen molar-refractivity contribution >= 4 is 5.91 Å². The molecule has 1 fully saturated rings. The van der Waals surface area contributed by atoms with Crippen LogP contribution in [-0.2, 0) is 4.79 Å². The minimum Gasteiger partial charge on any atom is -0.333 e. The zero-order chi connectivity index (χ0) is 12.5. The number of rotatable bonds is 2. The van der Waals surface area contributed by atoms with Gasteiger partial charge in [-0.25, -0.2) is 0 Å². The number of amides is 1. The summed E-state index contributed by atoms with van der Waals surface area (Å²) >= 11 is 0. The van der Waals surface area contributed by atoms with Gasteiger partial charge in [0, 0.05) is 12.1 Å². The molecule has 1 aromatic rings. The fraction of sp³-hybridized carbons (Fsp3) is 0.500. The molecule has 2 rings (SSSR count). The van der Waals surface area contributed by atoms with E-state index in [1.165, 1.54) is 5.56 Å². The van der Waals surface area contributed by atoms with E-state index in [0.29, 0.717) is 6.54 Å². The summed E-state index contributed by atoms with van der Waals surface area (Å²) in [5, 5.41) is 3.25. The van der Waals surface area contributed by atoms with Crippen LogP contribution in [0, 0.1) is 0 Å². The van der Waals surface area contributed by atoms with Crippen molar-refractivity contribution in [3.63, 3.8) is 0 Å². The van der Waals surface area contributed by atoms with Gasteiger partial charge in [0.05, 0.1) is 12.6 Å². The third kappa shape index (κ3) is 2.67. The second-order valence-corrected chi connectivity index (χ2v) is 5.35. The summed E-state index contributed by atoms with van der Waals surface area (Å²) in [6.45, 7) is 7.54. The van der Waals surface area contributed by atoms with Crippen LogP contribution in [0.4, 0.5) is 0 Å². The van der Waals surface area contributed by atoms with Crippen molar-refractivity contribution < 1.29 is 4.79 Å². The molecule has 1 N–H and O–H groups in total. The molecule has 1 aliphatic heterocycles. The second-order valence-electron chi connectivity index (χ2n) is 5.35. The van der Waals surface area contributed by atoms with Crippen LogP contribution in [0.3, 0.4) is 0 Å². The van der Waals surface area contributed by atoms with Crippen LogP contribution in [0.15, 0.2) is 30.3 Å². The highest BCUT2D eigenvalue weighted by Gasteiger charge is 2.33. The van der Waals surface area contributed by atoms with E-state index in [2.05, 4.69) is 38.2 Å². The van der Waals surface area contributed by atoms with E-state index >= 15 is 0 Å². The average Bonchev–Trinajstić information content (AvgIpc) is 2.33. The number of piperazine rings is 1. The molecule has 1 heterocycles. The van der Waals surface area contributed by atoms with Gasteiger partial charge in [-0.1, -0.05) is 30.3 Å². The van der Waals surface area contributed by atoms with Gasteiger partial charge in [0.25, 0.3) is 0 Å². The lowest BCUT2D eigenvalue weighted by molar-refractivity contribution is -0.136. The fourth-order valence-electron chi connectivity index (χ4n) is 2.25. The first-order valence-electron chi connectivity index (χ1n) is 6.09. The maximum absolute atomic E-state index is 12.0. The molecule has 1 amide bonds. The number of nitrogens with zero attached hydrogens (tertiary/aromatic N) is 1. The highest BCUT2D eigenvalue weighted by atomic mass is 16.2. The molecule has 17 heavy (non-hydrogen) atoms. The molecule has 0 saturated carbocycles. The average molecular weight is 232 g/mol. The van der Waals surface area contributed by atoms with E-state index in [4.69, 9.17) is 0 Å². The highest BCUT2D eigenvalue weighted by molar-refractivity contribution is 5.79. The Kier molecular flexibility index (Phi) is 3.20. The molecule has 3 heteroatoms. The minimum atomic E-state index is -0.00303. The molecule has 0 spiro atoms. The summed E-state index contributed by atoms with van der Waals surface area (Å²) in [5.74, 6) is 0.181. The van der Waals surface area contributed by atoms with Gasteiger partial charge in [0.2, 0.25) is 5.91 Å². The van der Waals surface area contributed by atoms with Crippen molar-refractivity contribution in [2.45, 2.75) is 32.4 Å². The van der Waals surface area contributed by atoms with Gasteiger partial charge in [-0.05, 0) is 26.3 Å². The van der Waals surface area contributed by atoms with Crippen molar-refractivity contribution in [3.05, 3.63) is 35.9 Å². The summed E-state index contributed by atoms with van der Waals surface area (Å²) in [7, 11) is 0. The first-order valence-corrected chi connectivity index (χ1v) is 6.09. The van der Waals surface area contributed by atoms with Gasteiger partial charge in [-0.3, -0.25) is 4.79 Å². The van der Waals surface area contributed by atoms with Crippen molar-refractivity contribution in [2.24, 2.45) is 0 Å². The number of hydrogen-bond donors (Lipinski definition) is 1. The number of benzene rings is 1. The predicted octanol–water partition coefficient (Wildman–Crippen LogP) is 1.96. The molecule has 1 saturated heterocycles. The minimum absolute atomic E-state index is 0.00303. The lowest BCUT2D eigenvalue weighted by Gasteiger charge is -2.42. The van der Waals surface area contributed by atoms with Crippen molar-refractivity contribution in [3.8, 4) is 0 Å². The predicted molar refractivity (Wildman–Crippen MR) is 68.7 cm³/mol. The quantitative estimate of drug-likeness (QED) is 0.845. The van der Waals surface area contributed by atoms with E-state index in [-0.39, 0.29) is 17.5 Å². The zero-order valence-corrected chi connectivity index (χ0v) is 10.7. The van der Waals surface area contributed by atoms with Gasteiger partial charge in [0.15, 0.2) is 0 Å². The number of hydrogen-bond acceptors (Lipinski definition) is 2. The first-order chi connectivity index (χ1) is 7.99. The van der Waals surface area contributed by atoms with Crippen molar-refractivity contribution in [1.82, 2.24) is 10.2 Å². The summed E-state index contributed by atoms with van der Waals surface area (Å²) in [6, 6.07) is 10.3. The number of carbonyl (C=O) groups is 1. The second kappa shape index (κ2) is 4.49. The smallest absolute Gasteiger partial charge is 0.237 e. The Morgan fingerprint density at radius 1 is 1.29 bits per heavy atom. The summed E-state index contributed by atoms with van der Waals surface area (Å²) in [5.41, 5.74) is 1.19. The van der Waals surface area contributed by atoms with Gasteiger partial charge in [-0.2, -0.15) is 0 Å². The third-order valence-electron chi connectivity index (χ3n) is 3.35. The molecule has 0 aliphatic carbocycles. The summed E-state index contributed by atoms with van der Waals surface area (Å²) in [4.78, 5) is 13.9. The molecule has 1 unspecified atom stereocenters. The fourth-order valence-corrected chi connectivity index (χ4v) is 2.25. The molecule has 0 bridgehead atoms. The number of nitrogens with one attached hydrogen (secondary N) is 1. The molecule has 0 aromatic heterocycles. The molecule has 0 radical (unpaired) electrons. The standard InChI is InChI=1S/C14H20N2O/c1-11(12-7-5-4-6-8-12)16-10-14(2,3)15-9-13(16)17/h4-8,11,15H,9-10H2,1-3H3. The van der Waals surface area contributed by atoms with Crippen LogP contribution in [0.25, 0.3) is 0 Å². The SMILES string of the molecule is CC(c1ccccc1)N1CC(C)(C)NCC1=O. The molecule has 1 aliphatic rings. The van der Waals surface area contributed by atoms with Crippen LogP contribution >= 0.6 is 0 Å². The highest BCUT2D eigenvalue weighted by Crippen LogP contribution is 2.24. The Bertz CT molecular complexity index is 400. The normalized spacial score (nSPS) is 21.4. The molecule has 92 valence electrons. The molecular weight excluding hydrogens is 212 g/mol. The molecule has 3 nitrogen and oxygen atoms in total. The number of carbonyl (C=O) groups excluding carboxylic acids is 1. The summed E-state index contributed by atoms with van der Waals surface area (Å²) in [6.07, 6.45) is 0. The first kappa shape index (κ1) is 12.1. The topological polar surface area (TPSA) is 32.3 Å². The Labute approximate surface area is 103 Å². The van der Waals surface area contributed by atoms with Crippen LogP contribution in [0.2, 0.25) is 0 Å². The molecular formula is C14H20N2O. The lowest BCUT2D eigenvalue weighted by Crippen LogP contribution is -2.60. The third-order valence-corrected chi connectivity index (χ3v) is 3.35. The van der Waals surface area contributed by atoms with Crippen LogP contribution in [0.5, 0.6) is 0 Å². The monoisotopic (exact) mass is 232 g/mol. The Morgan fingerprint density at radius 2 is 1.94 bits per heavy atom. The summed E-state index contributed by atoms with van der Waals surface area (Å²) < 4.78 is 0. The van der Waals surface area contributed by atoms with Crippen molar-refractivity contribution in [2.75, 3.05) is 13.1 Å². The Morgan fingerprint density at radius 3 is 2.59 bits per heavy atom. The van der Waals surface area contributed by atoms with Gasteiger partial charge >= 0.3 is 0 Å². The van der Waals surface area contributed by atoms with Gasteiger partial charge < -0.3 is 10.2 Å². The molecule has 1 atom stereocenters. The van der Waals surface area contributed by atoms with E-state index in [0.717, 1.165) is 6.54 Å².